The highest BCUT2D eigenvalue weighted by atomic mass is 32.2. The standard InChI is InChI=1S/C28H36N4O2S/c1-17-15-25(35-6)23(27(33)30-17)16-29-28(34)26-19(3)32(24-10-8-7-9-22(24)26)18(2)20-11-13-21(14-12-20)31(4)5/h7-14,17-18,23,25H,15-16H2,1-6H3,(H,29,34)(H,30,33)/t17?,18-,23?,25?/m1/s1. The van der Waals surface area contributed by atoms with E-state index in [0.29, 0.717) is 12.1 Å². The van der Waals surface area contributed by atoms with Crippen LogP contribution in [-0.2, 0) is 4.79 Å². The molecule has 2 aromatic carbocycles. The Bertz CT molecular complexity index is 1220. The number of para-hydroxylation sites is 1. The van der Waals surface area contributed by atoms with Gasteiger partial charge in [-0.1, -0.05) is 30.3 Å². The summed E-state index contributed by atoms with van der Waals surface area (Å²) in [6.07, 6.45) is 2.95. The molecule has 2 N–H and O–H groups in total. The van der Waals surface area contributed by atoms with Crippen LogP contribution >= 0.6 is 11.8 Å². The molecule has 4 rings (SSSR count). The fourth-order valence-corrected chi connectivity index (χ4v) is 6.27. The first-order valence-corrected chi connectivity index (χ1v) is 13.5. The Morgan fingerprint density at radius 2 is 1.89 bits per heavy atom. The molecule has 0 bridgehead atoms. The SMILES string of the molecule is CSC1CC(C)NC(=O)C1CNC(=O)c1c(C)n([C@H](C)c2ccc(N(C)C)cc2)c2ccccc12. The minimum Gasteiger partial charge on any atom is -0.378 e. The molecule has 1 saturated heterocycles. The van der Waals surface area contributed by atoms with Gasteiger partial charge in [-0.25, -0.2) is 0 Å². The first-order chi connectivity index (χ1) is 16.7. The zero-order chi connectivity index (χ0) is 25.3. The summed E-state index contributed by atoms with van der Waals surface area (Å²) in [5.41, 5.74) is 4.98. The van der Waals surface area contributed by atoms with Crippen molar-refractivity contribution in [1.82, 2.24) is 15.2 Å². The summed E-state index contributed by atoms with van der Waals surface area (Å²) in [6, 6.07) is 16.8. The molecular formula is C28H36N4O2S. The van der Waals surface area contributed by atoms with Crippen LogP contribution in [0.15, 0.2) is 48.5 Å². The van der Waals surface area contributed by atoms with Crippen LogP contribution in [0.25, 0.3) is 10.9 Å². The molecule has 1 aliphatic rings. The van der Waals surface area contributed by atoms with E-state index < -0.39 is 0 Å². The van der Waals surface area contributed by atoms with Gasteiger partial charge in [-0.3, -0.25) is 9.59 Å². The third-order valence-electron chi connectivity index (χ3n) is 7.21. The average Bonchev–Trinajstić information content (AvgIpc) is 3.14. The molecule has 186 valence electrons. The van der Waals surface area contributed by atoms with Crippen molar-refractivity contribution in [2.75, 3.05) is 31.8 Å². The molecule has 0 saturated carbocycles. The molecule has 0 aliphatic carbocycles. The van der Waals surface area contributed by atoms with Gasteiger partial charge >= 0.3 is 0 Å². The first kappa shape index (κ1) is 25.2. The maximum atomic E-state index is 13.5. The molecule has 0 spiro atoms. The van der Waals surface area contributed by atoms with E-state index in [4.69, 9.17) is 0 Å². The molecule has 3 aromatic rings. The number of nitrogens with zero attached hydrogens (tertiary/aromatic N) is 2. The van der Waals surface area contributed by atoms with Crippen LogP contribution in [0.1, 0.15) is 47.9 Å². The van der Waals surface area contributed by atoms with Crippen molar-refractivity contribution in [2.45, 2.75) is 44.5 Å². The number of piperidine rings is 1. The van der Waals surface area contributed by atoms with Gasteiger partial charge in [-0.15, -0.1) is 0 Å². The monoisotopic (exact) mass is 492 g/mol. The third kappa shape index (κ3) is 4.92. The second-order valence-electron chi connectivity index (χ2n) is 9.75. The Morgan fingerprint density at radius 1 is 1.20 bits per heavy atom. The number of thioether (sulfide) groups is 1. The van der Waals surface area contributed by atoms with E-state index in [2.05, 4.69) is 57.4 Å². The minimum atomic E-state index is -0.229. The van der Waals surface area contributed by atoms with Gasteiger partial charge in [0, 0.05) is 54.2 Å². The minimum absolute atomic E-state index is 0.0253. The Morgan fingerprint density at radius 3 is 2.54 bits per heavy atom. The van der Waals surface area contributed by atoms with Gasteiger partial charge in [0.05, 0.1) is 17.5 Å². The predicted octanol–water partition coefficient (Wildman–Crippen LogP) is 4.61. The Balaban J connectivity index is 1.63. The fraction of sp³-hybridized carbons (Fsp3) is 0.429. The van der Waals surface area contributed by atoms with Gasteiger partial charge in [0.2, 0.25) is 5.91 Å². The average molecular weight is 493 g/mol. The summed E-state index contributed by atoms with van der Waals surface area (Å²) in [7, 11) is 4.07. The quantitative estimate of drug-likeness (QED) is 0.506. The molecule has 0 radical (unpaired) electrons. The molecular weight excluding hydrogens is 456 g/mol. The van der Waals surface area contributed by atoms with E-state index in [1.165, 1.54) is 5.56 Å². The highest BCUT2D eigenvalue weighted by molar-refractivity contribution is 7.99. The van der Waals surface area contributed by atoms with Crippen molar-refractivity contribution in [2.24, 2.45) is 5.92 Å². The maximum absolute atomic E-state index is 13.5. The summed E-state index contributed by atoms with van der Waals surface area (Å²) in [6.45, 7) is 6.55. The summed E-state index contributed by atoms with van der Waals surface area (Å²) >= 11 is 1.70. The van der Waals surface area contributed by atoms with Crippen LogP contribution in [0.3, 0.4) is 0 Å². The smallest absolute Gasteiger partial charge is 0.253 e. The highest BCUT2D eigenvalue weighted by Gasteiger charge is 2.35. The Labute approximate surface area is 212 Å². The van der Waals surface area contributed by atoms with E-state index in [-0.39, 0.29) is 35.1 Å². The molecule has 3 unspecified atom stereocenters. The Hall–Kier alpha value is -2.93. The lowest BCUT2D eigenvalue weighted by molar-refractivity contribution is -0.127. The number of hydrogen-bond donors (Lipinski definition) is 2. The van der Waals surface area contributed by atoms with Gasteiger partial charge in [0.15, 0.2) is 0 Å². The van der Waals surface area contributed by atoms with Crippen LogP contribution in [0.5, 0.6) is 0 Å². The number of rotatable bonds is 7. The van der Waals surface area contributed by atoms with Crippen molar-refractivity contribution in [3.63, 3.8) is 0 Å². The van der Waals surface area contributed by atoms with Gasteiger partial charge < -0.3 is 20.1 Å². The maximum Gasteiger partial charge on any atom is 0.253 e. The number of benzene rings is 2. The van der Waals surface area contributed by atoms with E-state index in [9.17, 15) is 9.59 Å². The molecule has 1 aromatic heterocycles. The topological polar surface area (TPSA) is 66.4 Å². The molecule has 1 aliphatic heterocycles. The van der Waals surface area contributed by atoms with E-state index >= 15 is 0 Å². The second-order valence-corrected chi connectivity index (χ2v) is 10.8. The molecule has 1 fully saturated rings. The largest absolute Gasteiger partial charge is 0.378 e. The molecule has 6 nitrogen and oxygen atoms in total. The number of carbonyl (C=O) groups is 2. The lowest BCUT2D eigenvalue weighted by Crippen LogP contribution is -2.52. The molecule has 2 heterocycles. The van der Waals surface area contributed by atoms with Crippen LogP contribution in [0.2, 0.25) is 0 Å². The summed E-state index contributed by atoms with van der Waals surface area (Å²) in [5, 5.41) is 7.26. The van der Waals surface area contributed by atoms with Gasteiger partial charge in [-0.2, -0.15) is 11.8 Å². The van der Waals surface area contributed by atoms with Crippen molar-refractivity contribution >= 4 is 40.2 Å². The number of hydrogen-bond acceptors (Lipinski definition) is 4. The lowest BCUT2D eigenvalue weighted by Gasteiger charge is -2.33. The zero-order valence-corrected chi connectivity index (χ0v) is 22.3. The van der Waals surface area contributed by atoms with Crippen LogP contribution in [-0.4, -0.2) is 54.6 Å². The molecule has 35 heavy (non-hydrogen) atoms. The number of aromatic nitrogens is 1. The van der Waals surface area contributed by atoms with Gasteiger partial charge in [0.25, 0.3) is 5.91 Å². The number of nitrogens with one attached hydrogen (secondary N) is 2. The van der Waals surface area contributed by atoms with Crippen molar-refractivity contribution in [3.8, 4) is 0 Å². The second kappa shape index (κ2) is 10.4. The molecule has 7 heteroatoms. The lowest BCUT2D eigenvalue weighted by atomic mass is 9.93. The normalized spacial score (nSPS) is 21.0. The first-order valence-electron chi connectivity index (χ1n) is 12.2. The summed E-state index contributed by atoms with van der Waals surface area (Å²) in [5.74, 6) is -0.329. The third-order valence-corrected chi connectivity index (χ3v) is 8.33. The zero-order valence-electron chi connectivity index (χ0n) is 21.5. The fourth-order valence-electron chi connectivity index (χ4n) is 5.24. The molecule has 2 amide bonds. The molecule has 4 atom stereocenters. The highest BCUT2D eigenvalue weighted by Crippen LogP contribution is 2.33. The van der Waals surface area contributed by atoms with Crippen LogP contribution in [0, 0.1) is 12.8 Å². The van der Waals surface area contributed by atoms with Gasteiger partial charge in [-0.05, 0) is 57.2 Å². The van der Waals surface area contributed by atoms with Crippen molar-refractivity contribution in [3.05, 3.63) is 65.4 Å². The van der Waals surface area contributed by atoms with Crippen molar-refractivity contribution in [1.29, 1.82) is 0 Å². The van der Waals surface area contributed by atoms with E-state index in [1.54, 1.807) is 11.8 Å². The summed E-state index contributed by atoms with van der Waals surface area (Å²) in [4.78, 5) is 28.2. The Kier molecular flexibility index (Phi) is 7.45. The van der Waals surface area contributed by atoms with Crippen molar-refractivity contribution < 1.29 is 9.59 Å². The van der Waals surface area contributed by atoms with Crippen LogP contribution < -0.4 is 15.5 Å². The predicted molar refractivity (Wildman–Crippen MR) is 147 cm³/mol. The van der Waals surface area contributed by atoms with Crippen LogP contribution in [0.4, 0.5) is 5.69 Å². The number of anilines is 1. The number of amides is 2. The van der Waals surface area contributed by atoms with E-state index in [0.717, 1.165) is 28.7 Å². The van der Waals surface area contributed by atoms with Gasteiger partial charge in [0.1, 0.15) is 0 Å². The number of fused-ring (bicyclic) bond motifs is 1. The summed E-state index contributed by atoms with van der Waals surface area (Å²) < 4.78 is 2.24. The van der Waals surface area contributed by atoms with E-state index in [1.807, 2.05) is 52.4 Å². The number of carbonyl (C=O) groups excluding carboxylic acids is 2.